The number of para-hydroxylation sites is 1. The van der Waals surface area contributed by atoms with Gasteiger partial charge in [-0.3, -0.25) is 4.79 Å². The van der Waals surface area contributed by atoms with Gasteiger partial charge in [-0.15, -0.1) is 0 Å². The van der Waals surface area contributed by atoms with Crippen molar-refractivity contribution < 1.29 is 9.47 Å². The van der Waals surface area contributed by atoms with E-state index in [0.717, 1.165) is 10.0 Å². The molecule has 0 fully saturated rings. The predicted molar refractivity (Wildman–Crippen MR) is 140 cm³/mol. The van der Waals surface area contributed by atoms with Crippen LogP contribution in [0.3, 0.4) is 0 Å². The summed E-state index contributed by atoms with van der Waals surface area (Å²) in [7, 11) is 1.56. The highest BCUT2D eigenvalue weighted by Crippen LogP contribution is 2.32. The van der Waals surface area contributed by atoms with Crippen molar-refractivity contribution in [2.24, 2.45) is 5.10 Å². The van der Waals surface area contributed by atoms with Crippen LogP contribution in [0.1, 0.15) is 23.9 Å². The summed E-state index contributed by atoms with van der Waals surface area (Å²) in [5.41, 5.74) is 1.78. The van der Waals surface area contributed by atoms with E-state index in [4.69, 9.17) is 32.7 Å². The van der Waals surface area contributed by atoms with E-state index in [9.17, 15) is 4.79 Å². The van der Waals surface area contributed by atoms with Crippen molar-refractivity contribution in [3.05, 3.63) is 96.4 Å². The van der Waals surface area contributed by atoms with Gasteiger partial charge in [-0.25, -0.2) is 4.98 Å². The lowest BCUT2D eigenvalue weighted by Gasteiger charge is -2.14. The molecule has 9 heteroatoms. The third-order valence-electron chi connectivity index (χ3n) is 5.12. The van der Waals surface area contributed by atoms with E-state index in [0.29, 0.717) is 50.3 Å². The molecular weight excluding hydrogens is 541 g/mol. The molecule has 1 heterocycles. The Kier molecular flexibility index (Phi) is 7.56. The molecule has 0 N–H and O–H groups in total. The summed E-state index contributed by atoms with van der Waals surface area (Å²) in [5.74, 6) is 1.55. The molecule has 0 aliphatic rings. The Morgan fingerprint density at radius 3 is 2.71 bits per heavy atom. The van der Waals surface area contributed by atoms with Gasteiger partial charge in [0.15, 0.2) is 11.5 Å². The minimum atomic E-state index is -0.252. The molecule has 0 spiro atoms. The van der Waals surface area contributed by atoms with Crippen molar-refractivity contribution in [2.75, 3.05) is 7.11 Å². The van der Waals surface area contributed by atoms with Gasteiger partial charge in [0.1, 0.15) is 12.4 Å². The molecule has 0 bridgehead atoms. The van der Waals surface area contributed by atoms with Crippen LogP contribution in [0.15, 0.2) is 69.0 Å². The molecule has 0 radical (unpaired) electrons. The first-order chi connectivity index (χ1) is 16.4. The van der Waals surface area contributed by atoms with Crippen LogP contribution in [0.5, 0.6) is 11.5 Å². The van der Waals surface area contributed by atoms with Crippen LogP contribution in [0.4, 0.5) is 0 Å². The van der Waals surface area contributed by atoms with Crippen LogP contribution < -0.4 is 15.0 Å². The molecule has 1 aromatic heterocycles. The zero-order valence-electron chi connectivity index (χ0n) is 18.4. The number of fused-ring (bicyclic) bond motifs is 1. The first-order valence-corrected chi connectivity index (χ1v) is 12.0. The SMILES string of the molecule is CCc1nc2ccc(Br)cc2c(=O)n1N=Cc1cccc(OC)c1OCc1ccc(Cl)cc1Cl. The third kappa shape index (κ3) is 5.12. The Balaban J connectivity index is 1.73. The lowest BCUT2D eigenvalue weighted by molar-refractivity contribution is 0.284. The Morgan fingerprint density at radius 1 is 1.15 bits per heavy atom. The molecule has 0 atom stereocenters. The number of ether oxygens (including phenoxy) is 2. The van der Waals surface area contributed by atoms with Crippen molar-refractivity contribution in [3.8, 4) is 11.5 Å². The van der Waals surface area contributed by atoms with E-state index >= 15 is 0 Å². The highest BCUT2D eigenvalue weighted by molar-refractivity contribution is 9.10. The van der Waals surface area contributed by atoms with Crippen molar-refractivity contribution in [1.29, 1.82) is 0 Å². The van der Waals surface area contributed by atoms with Crippen LogP contribution in [0.25, 0.3) is 10.9 Å². The Bertz CT molecular complexity index is 1450. The molecule has 0 saturated carbocycles. The van der Waals surface area contributed by atoms with Crippen molar-refractivity contribution in [2.45, 2.75) is 20.0 Å². The molecule has 0 unspecified atom stereocenters. The molecule has 0 amide bonds. The van der Waals surface area contributed by atoms with Crippen molar-refractivity contribution in [1.82, 2.24) is 9.66 Å². The van der Waals surface area contributed by atoms with E-state index in [2.05, 4.69) is 26.0 Å². The van der Waals surface area contributed by atoms with E-state index < -0.39 is 0 Å². The van der Waals surface area contributed by atoms with Crippen LogP contribution in [0.2, 0.25) is 10.0 Å². The van der Waals surface area contributed by atoms with Gasteiger partial charge in [-0.2, -0.15) is 9.78 Å². The second-order valence-electron chi connectivity index (χ2n) is 7.31. The number of methoxy groups -OCH3 is 1. The molecule has 0 aliphatic heterocycles. The smallest absolute Gasteiger partial charge is 0.282 e. The van der Waals surface area contributed by atoms with E-state index in [1.165, 1.54) is 4.68 Å². The van der Waals surface area contributed by atoms with Gasteiger partial charge < -0.3 is 9.47 Å². The topological polar surface area (TPSA) is 65.7 Å². The largest absolute Gasteiger partial charge is 0.493 e. The summed E-state index contributed by atoms with van der Waals surface area (Å²) in [5, 5.41) is 6.00. The second kappa shape index (κ2) is 10.6. The van der Waals surface area contributed by atoms with Gasteiger partial charge >= 0.3 is 0 Å². The van der Waals surface area contributed by atoms with Gasteiger partial charge in [-0.05, 0) is 42.5 Å². The molecule has 4 aromatic rings. The molecule has 4 rings (SSSR count). The first kappa shape index (κ1) is 24.3. The highest BCUT2D eigenvalue weighted by atomic mass is 79.9. The number of aryl methyl sites for hydroxylation is 1. The Morgan fingerprint density at radius 2 is 1.97 bits per heavy atom. The normalized spacial score (nSPS) is 11.3. The first-order valence-electron chi connectivity index (χ1n) is 10.4. The second-order valence-corrected chi connectivity index (χ2v) is 9.07. The maximum Gasteiger partial charge on any atom is 0.282 e. The van der Waals surface area contributed by atoms with Crippen LogP contribution in [-0.2, 0) is 13.0 Å². The minimum Gasteiger partial charge on any atom is -0.493 e. The van der Waals surface area contributed by atoms with E-state index in [-0.39, 0.29) is 12.2 Å². The molecule has 174 valence electrons. The number of hydrogen-bond donors (Lipinski definition) is 0. The van der Waals surface area contributed by atoms with Gasteiger partial charge in [0.25, 0.3) is 5.56 Å². The predicted octanol–water partition coefficient (Wildman–Crippen LogP) is 6.50. The zero-order chi connectivity index (χ0) is 24.2. The maximum atomic E-state index is 13.2. The lowest BCUT2D eigenvalue weighted by atomic mass is 10.2. The molecule has 34 heavy (non-hydrogen) atoms. The number of hydrogen-bond acceptors (Lipinski definition) is 5. The fraction of sp³-hybridized carbons (Fsp3) is 0.160. The minimum absolute atomic E-state index is 0.197. The number of rotatable bonds is 7. The molecule has 0 aliphatic carbocycles. The number of nitrogens with zero attached hydrogens (tertiary/aromatic N) is 3. The summed E-state index contributed by atoms with van der Waals surface area (Å²) >= 11 is 15.7. The van der Waals surface area contributed by atoms with E-state index in [1.807, 2.05) is 31.2 Å². The molecule has 3 aromatic carbocycles. The van der Waals surface area contributed by atoms with Crippen LogP contribution in [0, 0.1) is 0 Å². The highest BCUT2D eigenvalue weighted by Gasteiger charge is 2.13. The summed E-state index contributed by atoms with van der Waals surface area (Å²) in [6, 6.07) is 16.1. The number of benzene rings is 3. The monoisotopic (exact) mass is 559 g/mol. The molecular formula is C25H20BrCl2N3O3. The molecule has 0 saturated heterocycles. The summed E-state index contributed by atoms with van der Waals surface area (Å²) in [4.78, 5) is 17.8. The van der Waals surface area contributed by atoms with Gasteiger partial charge in [-0.1, -0.05) is 58.2 Å². The maximum absolute atomic E-state index is 13.2. The number of aromatic nitrogens is 2. The van der Waals surface area contributed by atoms with Crippen molar-refractivity contribution >= 4 is 56.2 Å². The number of halogens is 3. The van der Waals surface area contributed by atoms with Crippen LogP contribution >= 0.6 is 39.1 Å². The van der Waals surface area contributed by atoms with Gasteiger partial charge in [0.05, 0.1) is 24.2 Å². The summed E-state index contributed by atoms with van der Waals surface area (Å²) < 4.78 is 13.7. The quantitative estimate of drug-likeness (QED) is 0.242. The third-order valence-corrected chi connectivity index (χ3v) is 6.20. The lowest BCUT2D eigenvalue weighted by Crippen LogP contribution is -2.22. The fourth-order valence-electron chi connectivity index (χ4n) is 3.40. The van der Waals surface area contributed by atoms with Crippen LogP contribution in [-0.4, -0.2) is 23.0 Å². The van der Waals surface area contributed by atoms with Crippen molar-refractivity contribution in [3.63, 3.8) is 0 Å². The zero-order valence-corrected chi connectivity index (χ0v) is 21.5. The molecule has 6 nitrogen and oxygen atoms in total. The standard InChI is InChI=1S/C25H20BrCl2N3O3/c1-3-23-30-21-10-8-17(26)11-19(21)25(32)31(23)29-13-15-5-4-6-22(33-2)24(15)34-14-16-7-9-18(27)12-20(16)28/h4-13H,3,14H2,1-2H3. The van der Waals surface area contributed by atoms with E-state index in [1.54, 1.807) is 43.7 Å². The Hall–Kier alpha value is -2.87. The van der Waals surface area contributed by atoms with Gasteiger partial charge in [0, 0.05) is 32.1 Å². The van der Waals surface area contributed by atoms with Gasteiger partial charge in [0.2, 0.25) is 0 Å². The summed E-state index contributed by atoms with van der Waals surface area (Å²) in [6.45, 7) is 2.12. The summed E-state index contributed by atoms with van der Waals surface area (Å²) in [6.07, 6.45) is 2.10. The average Bonchev–Trinajstić information content (AvgIpc) is 2.83. The Labute approximate surface area is 214 Å². The average molecular weight is 561 g/mol. The fourth-order valence-corrected chi connectivity index (χ4v) is 4.23.